The van der Waals surface area contributed by atoms with Gasteiger partial charge in [-0.25, -0.2) is 0 Å². The lowest BCUT2D eigenvalue weighted by Gasteiger charge is -2.26. The van der Waals surface area contributed by atoms with Gasteiger partial charge < -0.3 is 5.32 Å². The van der Waals surface area contributed by atoms with Gasteiger partial charge in [0.2, 0.25) is 0 Å². The van der Waals surface area contributed by atoms with Crippen molar-refractivity contribution in [3.63, 3.8) is 0 Å². The monoisotopic (exact) mass is 236 g/mol. The molecule has 0 unspecified atom stereocenters. The van der Waals surface area contributed by atoms with Crippen molar-refractivity contribution >= 4 is 0 Å². The molecule has 0 aromatic rings. The molecule has 0 amide bonds. The van der Waals surface area contributed by atoms with Crippen LogP contribution in [0.2, 0.25) is 0 Å². The van der Waals surface area contributed by atoms with Crippen LogP contribution in [0.25, 0.3) is 0 Å². The molecule has 1 aliphatic carbocycles. The van der Waals surface area contributed by atoms with Crippen molar-refractivity contribution < 1.29 is 0 Å². The van der Waals surface area contributed by atoms with Crippen LogP contribution in [0.4, 0.5) is 0 Å². The van der Waals surface area contributed by atoms with Gasteiger partial charge in [0.25, 0.3) is 0 Å². The summed E-state index contributed by atoms with van der Waals surface area (Å²) in [7, 11) is 0. The van der Waals surface area contributed by atoms with Crippen LogP contribution in [0.1, 0.15) is 65.7 Å². The summed E-state index contributed by atoms with van der Waals surface area (Å²) in [5, 5.41) is 12.4. The molecule has 0 aromatic heterocycles. The predicted octanol–water partition coefficient (Wildman–Crippen LogP) is 3.88. The summed E-state index contributed by atoms with van der Waals surface area (Å²) in [4.78, 5) is 0. The number of nitrogens with zero attached hydrogens (tertiary/aromatic N) is 1. The zero-order valence-electron chi connectivity index (χ0n) is 11.8. The van der Waals surface area contributed by atoms with Crippen LogP contribution in [0, 0.1) is 22.2 Å². The normalized spacial score (nSPS) is 17.8. The average molecular weight is 236 g/mol. The van der Waals surface area contributed by atoms with E-state index in [1.54, 1.807) is 0 Å². The number of rotatable bonds is 9. The fourth-order valence-corrected chi connectivity index (χ4v) is 2.37. The van der Waals surface area contributed by atoms with Gasteiger partial charge in [-0.3, -0.25) is 0 Å². The van der Waals surface area contributed by atoms with Gasteiger partial charge in [-0.2, -0.15) is 5.26 Å². The van der Waals surface area contributed by atoms with Crippen molar-refractivity contribution in [1.82, 2.24) is 5.32 Å². The lowest BCUT2D eigenvalue weighted by Crippen LogP contribution is -2.33. The maximum Gasteiger partial charge on any atom is 0.0628 e. The van der Waals surface area contributed by atoms with Crippen molar-refractivity contribution in [2.24, 2.45) is 10.8 Å². The number of nitriles is 1. The molecule has 0 aliphatic heterocycles. The quantitative estimate of drug-likeness (QED) is 0.617. The third kappa shape index (κ3) is 5.55. The molecule has 0 saturated heterocycles. The fraction of sp³-hybridized carbons (Fsp3) is 0.933. The van der Waals surface area contributed by atoms with E-state index >= 15 is 0 Å². The molecular formula is C15H28N2. The highest BCUT2D eigenvalue weighted by molar-refractivity contribution is 5.00. The standard InChI is InChI=1S/C15H28N2/c1-4-5-6-7-14(2,3)12-17-13-15(8-9-15)10-11-16/h17H,4-10,12-13H2,1-3H3. The molecule has 0 radical (unpaired) electrons. The molecule has 1 rings (SSSR count). The second-order valence-corrected chi connectivity index (χ2v) is 6.56. The number of unbranched alkanes of at least 4 members (excludes halogenated alkanes) is 2. The number of hydrogen-bond acceptors (Lipinski definition) is 2. The molecule has 0 spiro atoms. The molecule has 0 atom stereocenters. The maximum atomic E-state index is 8.77. The van der Waals surface area contributed by atoms with Gasteiger partial charge in [0.1, 0.15) is 0 Å². The van der Waals surface area contributed by atoms with E-state index in [0.717, 1.165) is 19.5 Å². The summed E-state index contributed by atoms with van der Waals surface area (Å²) < 4.78 is 0. The summed E-state index contributed by atoms with van der Waals surface area (Å²) >= 11 is 0. The molecule has 0 heterocycles. The minimum Gasteiger partial charge on any atom is -0.316 e. The van der Waals surface area contributed by atoms with Gasteiger partial charge in [0, 0.05) is 19.5 Å². The molecular weight excluding hydrogens is 208 g/mol. The van der Waals surface area contributed by atoms with Crippen molar-refractivity contribution in [1.29, 1.82) is 5.26 Å². The van der Waals surface area contributed by atoms with E-state index in [0.29, 0.717) is 10.8 Å². The van der Waals surface area contributed by atoms with Crippen LogP contribution in [-0.2, 0) is 0 Å². The van der Waals surface area contributed by atoms with Gasteiger partial charge >= 0.3 is 0 Å². The van der Waals surface area contributed by atoms with E-state index in [1.165, 1.54) is 38.5 Å². The first-order valence-corrected chi connectivity index (χ1v) is 7.11. The van der Waals surface area contributed by atoms with Gasteiger partial charge in [0.15, 0.2) is 0 Å². The topological polar surface area (TPSA) is 35.8 Å². The molecule has 1 saturated carbocycles. The second kappa shape index (κ2) is 6.40. The Bertz CT molecular complexity index is 259. The van der Waals surface area contributed by atoms with Gasteiger partial charge in [-0.1, -0.05) is 40.0 Å². The first-order valence-electron chi connectivity index (χ1n) is 7.11. The summed E-state index contributed by atoms with van der Waals surface area (Å²) in [6.07, 6.45) is 8.51. The van der Waals surface area contributed by atoms with E-state index in [2.05, 4.69) is 32.2 Å². The van der Waals surface area contributed by atoms with Gasteiger partial charge in [-0.05, 0) is 30.1 Å². The predicted molar refractivity (Wildman–Crippen MR) is 72.7 cm³/mol. The average Bonchev–Trinajstić information content (AvgIpc) is 2.98. The van der Waals surface area contributed by atoms with Gasteiger partial charge in [0.05, 0.1) is 6.07 Å². The first-order chi connectivity index (χ1) is 8.04. The van der Waals surface area contributed by atoms with E-state index in [4.69, 9.17) is 5.26 Å². The number of nitrogens with one attached hydrogen (secondary N) is 1. The zero-order valence-corrected chi connectivity index (χ0v) is 11.8. The molecule has 98 valence electrons. The van der Waals surface area contributed by atoms with Gasteiger partial charge in [-0.15, -0.1) is 0 Å². The van der Waals surface area contributed by atoms with E-state index in [9.17, 15) is 0 Å². The SMILES string of the molecule is CCCCCC(C)(C)CNCC1(CC#N)CC1. The second-order valence-electron chi connectivity index (χ2n) is 6.56. The lowest BCUT2D eigenvalue weighted by atomic mass is 9.86. The van der Waals surface area contributed by atoms with Crippen molar-refractivity contribution in [2.45, 2.75) is 65.7 Å². The molecule has 0 aromatic carbocycles. The summed E-state index contributed by atoms with van der Waals surface area (Å²) in [5.74, 6) is 0. The molecule has 17 heavy (non-hydrogen) atoms. The minimum absolute atomic E-state index is 0.342. The van der Waals surface area contributed by atoms with Crippen LogP contribution in [0.15, 0.2) is 0 Å². The molecule has 1 aliphatic rings. The van der Waals surface area contributed by atoms with E-state index in [1.807, 2.05) is 0 Å². The largest absolute Gasteiger partial charge is 0.316 e. The van der Waals surface area contributed by atoms with Crippen molar-refractivity contribution in [3.05, 3.63) is 0 Å². The smallest absolute Gasteiger partial charge is 0.0628 e. The Hall–Kier alpha value is -0.550. The van der Waals surface area contributed by atoms with E-state index < -0.39 is 0 Å². The zero-order chi connectivity index (χ0) is 12.8. The molecule has 1 N–H and O–H groups in total. The highest BCUT2D eigenvalue weighted by Crippen LogP contribution is 2.47. The number of hydrogen-bond donors (Lipinski definition) is 1. The molecule has 2 nitrogen and oxygen atoms in total. The summed E-state index contributed by atoms with van der Waals surface area (Å²) in [5.41, 5.74) is 0.742. The Labute approximate surface area is 107 Å². The van der Waals surface area contributed by atoms with Crippen molar-refractivity contribution in [2.75, 3.05) is 13.1 Å². The van der Waals surface area contributed by atoms with Crippen LogP contribution >= 0.6 is 0 Å². The Balaban J connectivity index is 2.14. The Morgan fingerprint density at radius 3 is 2.53 bits per heavy atom. The third-order valence-electron chi connectivity index (χ3n) is 3.97. The van der Waals surface area contributed by atoms with E-state index in [-0.39, 0.29) is 0 Å². The highest BCUT2D eigenvalue weighted by Gasteiger charge is 2.42. The molecule has 1 fully saturated rings. The van der Waals surface area contributed by atoms with Crippen LogP contribution in [-0.4, -0.2) is 13.1 Å². The lowest BCUT2D eigenvalue weighted by molar-refractivity contribution is 0.290. The Kier molecular flexibility index (Phi) is 5.46. The fourth-order valence-electron chi connectivity index (χ4n) is 2.37. The summed E-state index contributed by atoms with van der Waals surface area (Å²) in [6.45, 7) is 9.07. The summed E-state index contributed by atoms with van der Waals surface area (Å²) in [6, 6.07) is 2.32. The molecule has 2 heteroatoms. The van der Waals surface area contributed by atoms with Crippen LogP contribution in [0.3, 0.4) is 0 Å². The maximum absolute atomic E-state index is 8.77. The van der Waals surface area contributed by atoms with Crippen LogP contribution < -0.4 is 5.32 Å². The minimum atomic E-state index is 0.342. The first kappa shape index (κ1) is 14.5. The van der Waals surface area contributed by atoms with Crippen LogP contribution in [0.5, 0.6) is 0 Å². The Morgan fingerprint density at radius 1 is 1.29 bits per heavy atom. The molecule has 0 bridgehead atoms. The Morgan fingerprint density at radius 2 is 2.00 bits per heavy atom. The third-order valence-corrected chi connectivity index (χ3v) is 3.97. The highest BCUT2D eigenvalue weighted by atomic mass is 14.9. The van der Waals surface area contributed by atoms with Crippen molar-refractivity contribution in [3.8, 4) is 6.07 Å².